The van der Waals surface area contributed by atoms with Crippen LogP contribution >= 0.6 is 0 Å². The quantitative estimate of drug-likeness (QED) is 0.324. The summed E-state index contributed by atoms with van der Waals surface area (Å²) in [4.78, 5) is 37.6. The minimum atomic E-state index is -0.797. The second-order valence-corrected chi connectivity index (χ2v) is 8.94. The van der Waals surface area contributed by atoms with Crippen LogP contribution in [0.2, 0.25) is 0 Å². The largest absolute Gasteiger partial charge is 0.465 e. The Kier molecular flexibility index (Phi) is 8.19. The van der Waals surface area contributed by atoms with Gasteiger partial charge < -0.3 is 18.9 Å². The van der Waals surface area contributed by atoms with Crippen molar-refractivity contribution in [2.75, 3.05) is 13.7 Å². The van der Waals surface area contributed by atoms with Crippen LogP contribution in [-0.2, 0) is 25.4 Å². The number of rotatable bonds is 8. The van der Waals surface area contributed by atoms with Gasteiger partial charge in [0.1, 0.15) is 24.4 Å². The molecule has 38 heavy (non-hydrogen) atoms. The minimum absolute atomic E-state index is 0.104. The first-order valence-corrected chi connectivity index (χ1v) is 12.0. The van der Waals surface area contributed by atoms with Crippen molar-refractivity contribution in [1.29, 1.82) is 5.26 Å². The number of hydrogen-bond acceptors (Lipinski definition) is 9. The smallest absolute Gasteiger partial charge is 0.341 e. The van der Waals surface area contributed by atoms with Crippen molar-refractivity contribution in [2.45, 2.75) is 45.1 Å². The number of nitriles is 1. The van der Waals surface area contributed by atoms with Crippen molar-refractivity contribution < 1.29 is 33.3 Å². The Labute approximate surface area is 219 Å². The number of aryl methyl sites for hydroxylation is 2. The predicted molar refractivity (Wildman–Crippen MR) is 133 cm³/mol. The molecule has 1 aliphatic rings. The summed E-state index contributed by atoms with van der Waals surface area (Å²) in [5.41, 5.74) is 3.14. The van der Waals surface area contributed by atoms with Gasteiger partial charge in [-0.15, -0.1) is 0 Å². The fraction of sp³-hybridized carbons (Fsp3) is 0.321. The lowest BCUT2D eigenvalue weighted by molar-refractivity contribution is -0.0601. The second-order valence-electron chi connectivity index (χ2n) is 8.94. The third-order valence-electron chi connectivity index (χ3n) is 6.15. The first kappa shape index (κ1) is 26.6. The van der Waals surface area contributed by atoms with Crippen molar-refractivity contribution in [1.82, 2.24) is 9.78 Å². The van der Waals surface area contributed by atoms with Crippen LogP contribution in [0.1, 0.15) is 60.5 Å². The number of hydrogen-bond donors (Lipinski definition) is 0. The van der Waals surface area contributed by atoms with E-state index in [4.69, 9.17) is 24.2 Å². The maximum Gasteiger partial charge on any atom is 0.341 e. The van der Waals surface area contributed by atoms with E-state index in [0.29, 0.717) is 11.1 Å². The van der Waals surface area contributed by atoms with Crippen molar-refractivity contribution >= 4 is 17.9 Å². The number of methoxy groups -OCH3 is 1. The molecule has 1 fully saturated rings. The molecule has 4 rings (SSSR count). The summed E-state index contributed by atoms with van der Waals surface area (Å²) in [7, 11) is 1.24. The molecule has 10 heteroatoms. The molecule has 10 nitrogen and oxygen atoms in total. The van der Waals surface area contributed by atoms with Gasteiger partial charge in [0.25, 0.3) is 0 Å². The minimum Gasteiger partial charge on any atom is -0.465 e. The molecule has 0 radical (unpaired) electrons. The molecule has 1 saturated heterocycles. The highest BCUT2D eigenvalue weighted by Gasteiger charge is 2.41. The van der Waals surface area contributed by atoms with Crippen LogP contribution < -0.4 is 0 Å². The number of esters is 3. The third kappa shape index (κ3) is 6.07. The average molecular weight is 518 g/mol. The van der Waals surface area contributed by atoms with E-state index in [1.165, 1.54) is 18.0 Å². The highest BCUT2D eigenvalue weighted by molar-refractivity contribution is 5.91. The summed E-state index contributed by atoms with van der Waals surface area (Å²) >= 11 is 0. The number of benzene rings is 2. The van der Waals surface area contributed by atoms with E-state index in [9.17, 15) is 14.4 Å². The van der Waals surface area contributed by atoms with Gasteiger partial charge in [0, 0.05) is 12.6 Å². The Hall–Kier alpha value is -4.49. The maximum absolute atomic E-state index is 12.9. The molecule has 0 N–H and O–H groups in total. The number of ether oxygens (including phenoxy) is 4. The number of nitrogens with zero attached hydrogens (tertiary/aromatic N) is 3. The lowest BCUT2D eigenvalue weighted by Crippen LogP contribution is -2.32. The van der Waals surface area contributed by atoms with Gasteiger partial charge in [-0.3, -0.25) is 0 Å². The Bertz CT molecular complexity index is 1360. The van der Waals surface area contributed by atoms with Gasteiger partial charge in [-0.1, -0.05) is 35.4 Å². The standard InChI is InChI=1S/C28H27N3O7/c1-17-4-8-19(9-5-17)26(32)36-16-24-23(38-27(33)20-10-6-18(2)7-11-20)14-25(37-24)31-15-21(28(34)35-3)22(30-31)12-13-29/h4-11,15,23-25H,12,14,16H2,1-3H3/t23-,24+,25+/m0/s1. The monoisotopic (exact) mass is 517 g/mol. The van der Waals surface area contributed by atoms with E-state index >= 15 is 0 Å². The zero-order valence-electron chi connectivity index (χ0n) is 21.2. The molecular weight excluding hydrogens is 490 g/mol. The van der Waals surface area contributed by atoms with Gasteiger partial charge in [0.05, 0.1) is 36.4 Å². The fourth-order valence-electron chi connectivity index (χ4n) is 4.02. The van der Waals surface area contributed by atoms with Crippen LogP contribution in [0.5, 0.6) is 0 Å². The molecule has 1 aromatic heterocycles. The Morgan fingerprint density at radius 1 is 1.00 bits per heavy atom. The van der Waals surface area contributed by atoms with Crippen molar-refractivity contribution in [2.24, 2.45) is 0 Å². The Morgan fingerprint density at radius 2 is 1.61 bits per heavy atom. The molecule has 0 amide bonds. The molecule has 1 aliphatic heterocycles. The van der Waals surface area contributed by atoms with Crippen LogP contribution in [0.4, 0.5) is 0 Å². The number of aromatic nitrogens is 2. The van der Waals surface area contributed by atoms with E-state index in [1.807, 2.05) is 19.9 Å². The molecule has 0 saturated carbocycles. The van der Waals surface area contributed by atoms with Crippen molar-refractivity contribution in [3.05, 3.63) is 88.2 Å². The summed E-state index contributed by atoms with van der Waals surface area (Å²) in [5, 5.41) is 13.5. The van der Waals surface area contributed by atoms with E-state index in [0.717, 1.165) is 11.1 Å². The van der Waals surface area contributed by atoms with Gasteiger partial charge in [0.15, 0.2) is 6.23 Å². The molecule has 3 aromatic rings. The van der Waals surface area contributed by atoms with E-state index in [1.54, 1.807) is 48.5 Å². The second kappa shape index (κ2) is 11.7. The molecular formula is C28H27N3O7. The summed E-state index contributed by atoms with van der Waals surface area (Å²) in [6, 6.07) is 15.9. The average Bonchev–Trinajstić information content (AvgIpc) is 3.52. The van der Waals surface area contributed by atoms with Crippen LogP contribution in [-0.4, -0.2) is 53.6 Å². The predicted octanol–water partition coefficient (Wildman–Crippen LogP) is 3.72. The van der Waals surface area contributed by atoms with Gasteiger partial charge in [-0.05, 0) is 38.1 Å². The van der Waals surface area contributed by atoms with Gasteiger partial charge in [0.2, 0.25) is 0 Å². The van der Waals surface area contributed by atoms with E-state index in [2.05, 4.69) is 5.10 Å². The Balaban J connectivity index is 1.54. The van der Waals surface area contributed by atoms with Crippen LogP contribution in [0, 0.1) is 25.2 Å². The van der Waals surface area contributed by atoms with Gasteiger partial charge >= 0.3 is 17.9 Å². The molecule has 3 atom stereocenters. The van der Waals surface area contributed by atoms with Gasteiger partial charge in [-0.25, -0.2) is 19.1 Å². The molecule has 0 unspecified atom stereocenters. The molecule has 2 aromatic carbocycles. The lowest BCUT2D eigenvalue weighted by atomic mass is 10.1. The first-order valence-electron chi connectivity index (χ1n) is 12.0. The SMILES string of the molecule is COC(=O)c1cn([C@H]2C[C@H](OC(=O)c3ccc(C)cc3)[C@@H](COC(=O)c3ccc(C)cc3)O2)nc1CC#N. The molecule has 196 valence electrons. The van der Waals surface area contributed by atoms with Gasteiger partial charge in [-0.2, -0.15) is 10.4 Å². The topological polar surface area (TPSA) is 130 Å². The van der Waals surface area contributed by atoms with Crippen LogP contribution in [0.3, 0.4) is 0 Å². The molecule has 0 bridgehead atoms. The summed E-state index contributed by atoms with van der Waals surface area (Å²) in [6.07, 6.45) is -0.807. The highest BCUT2D eigenvalue weighted by Crippen LogP contribution is 2.32. The normalized spacial score (nSPS) is 18.4. The molecule has 0 aliphatic carbocycles. The Morgan fingerprint density at radius 3 is 2.18 bits per heavy atom. The third-order valence-corrected chi connectivity index (χ3v) is 6.15. The summed E-state index contributed by atoms with van der Waals surface area (Å²) in [6.45, 7) is 3.65. The maximum atomic E-state index is 12.9. The fourth-order valence-corrected chi connectivity index (χ4v) is 4.02. The van der Waals surface area contributed by atoms with E-state index in [-0.39, 0.29) is 30.7 Å². The summed E-state index contributed by atoms with van der Waals surface area (Å²) in [5.74, 6) is -1.72. The highest BCUT2D eigenvalue weighted by atomic mass is 16.6. The molecule has 2 heterocycles. The van der Waals surface area contributed by atoms with Crippen LogP contribution in [0.25, 0.3) is 0 Å². The number of carbonyl (C=O) groups excluding carboxylic acids is 3. The lowest BCUT2D eigenvalue weighted by Gasteiger charge is -2.19. The zero-order valence-corrected chi connectivity index (χ0v) is 21.2. The molecule has 0 spiro atoms. The number of carbonyl (C=O) groups is 3. The van der Waals surface area contributed by atoms with E-state index < -0.39 is 36.3 Å². The summed E-state index contributed by atoms with van der Waals surface area (Å²) < 4.78 is 23.5. The van der Waals surface area contributed by atoms with Crippen LogP contribution in [0.15, 0.2) is 54.7 Å². The van der Waals surface area contributed by atoms with Crippen molar-refractivity contribution in [3.63, 3.8) is 0 Å². The van der Waals surface area contributed by atoms with Crippen molar-refractivity contribution in [3.8, 4) is 6.07 Å². The zero-order chi connectivity index (χ0) is 27.2. The first-order chi connectivity index (χ1) is 18.3.